The number of nitrogens with zero attached hydrogens (tertiary/aromatic N) is 2. The van der Waals surface area contributed by atoms with Crippen molar-refractivity contribution in [3.05, 3.63) is 47.4 Å². The van der Waals surface area contributed by atoms with Gasteiger partial charge in [-0.25, -0.2) is 9.97 Å². The van der Waals surface area contributed by atoms with Crippen LogP contribution in [0, 0.1) is 0 Å². The van der Waals surface area contributed by atoms with Gasteiger partial charge in [-0.1, -0.05) is 55.8 Å². The summed E-state index contributed by atoms with van der Waals surface area (Å²) in [6.45, 7) is 6.79. The van der Waals surface area contributed by atoms with E-state index in [1.165, 1.54) is 0 Å². The Morgan fingerprint density at radius 1 is 1.05 bits per heavy atom. The van der Waals surface area contributed by atoms with Gasteiger partial charge in [0.2, 0.25) is 0 Å². The van der Waals surface area contributed by atoms with Crippen LogP contribution in [-0.2, 0) is 10.3 Å². The van der Waals surface area contributed by atoms with Gasteiger partial charge in [0, 0.05) is 18.2 Å². The molecule has 0 amide bonds. The summed E-state index contributed by atoms with van der Waals surface area (Å²) in [5.41, 5.74) is 1.39. The lowest BCUT2D eigenvalue weighted by Gasteiger charge is -2.30. The minimum absolute atomic E-state index is 0.449. The van der Waals surface area contributed by atoms with Crippen LogP contribution in [0.5, 0.6) is 0 Å². The van der Waals surface area contributed by atoms with Gasteiger partial charge in [0.25, 0.3) is 0 Å². The summed E-state index contributed by atoms with van der Waals surface area (Å²) in [5, 5.41) is 0.449. The lowest BCUT2D eigenvalue weighted by Crippen LogP contribution is -2.31. The van der Waals surface area contributed by atoms with E-state index in [1.54, 1.807) is 6.07 Å². The van der Waals surface area contributed by atoms with Crippen LogP contribution < -0.4 is 0 Å². The first-order chi connectivity index (χ1) is 10.1. The van der Waals surface area contributed by atoms with Crippen molar-refractivity contribution in [2.75, 3.05) is 6.61 Å². The van der Waals surface area contributed by atoms with Crippen LogP contribution in [0.4, 0.5) is 0 Å². The average molecular weight is 305 g/mol. The third-order valence-corrected chi connectivity index (χ3v) is 3.93. The smallest absolute Gasteiger partial charge is 0.162 e. The van der Waals surface area contributed by atoms with E-state index in [0.29, 0.717) is 17.6 Å². The first-order valence-electron chi connectivity index (χ1n) is 7.39. The molecule has 0 unspecified atom stereocenters. The quantitative estimate of drug-likeness (QED) is 0.716. The standard InChI is InChI=1S/C17H21ClN2O/c1-4-17(5-2,21-6-3)16-19-14(12-15(18)20-16)13-10-8-7-9-11-13/h7-12H,4-6H2,1-3H3. The van der Waals surface area contributed by atoms with Gasteiger partial charge in [0.15, 0.2) is 5.82 Å². The summed E-state index contributed by atoms with van der Waals surface area (Å²) in [5.74, 6) is 0.667. The number of rotatable bonds is 6. The highest BCUT2D eigenvalue weighted by Gasteiger charge is 2.33. The van der Waals surface area contributed by atoms with E-state index in [-0.39, 0.29) is 0 Å². The first-order valence-corrected chi connectivity index (χ1v) is 7.77. The van der Waals surface area contributed by atoms with Crippen molar-refractivity contribution in [2.45, 2.75) is 39.2 Å². The van der Waals surface area contributed by atoms with E-state index in [1.807, 2.05) is 37.3 Å². The molecular formula is C17H21ClN2O. The highest BCUT2D eigenvalue weighted by Crippen LogP contribution is 2.33. The maximum absolute atomic E-state index is 6.21. The summed E-state index contributed by atoms with van der Waals surface area (Å²) in [6.07, 6.45) is 1.62. The van der Waals surface area contributed by atoms with Crippen LogP contribution in [0.3, 0.4) is 0 Å². The molecule has 2 rings (SSSR count). The number of aromatic nitrogens is 2. The predicted octanol–water partition coefficient (Wildman–Crippen LogP) is 4.85. The molecule has 1 aromatic heterocycles. The van der Waals surface area contributed by atoms with Crippen LogP contribution in [-0.4, -0.2) is 16.6 Å². The Bertz CT molecular complexity index is 583. The molecule has 4 heteroatoms. The Morgan fingerprint density at radius 3 is 2.29 bits per heavy atom. The van der Waals surface area contributed by atoms with Crippen LogP contribution in [0.1, 0.15) is 39.4 Å². The Balaban J connectivity index is 2.52. The molecule has 3 nitrogen and oxygen atoms in total. The normalized spacial score (nSPS) is 11.6. The molecule has 0 aliphatic carbocycles. The molecule has 0 saturated carbocycles. The van der Waals surface area contributed by atoms with Gasteiger partial charge in [0.05, 0.1) is 5.69 Å². The molecule has 0 N–H and O–H groups in total. The fourth-order valence-corrected chi connectivity index (χ4v) is 2.67. The second-order valence-corrected chi connectivity index (χ2v) is 5.29. The zero-order valence-corrected chi connectivity index (χ0v) is 13.5. The van der Waals surface area contributed by atoms with Crippen molar-refractivity contribution in [3.63, 3.8) is 0 Å². The molecule has 0 radical (unpaired) electrons. The Labute approximate surface area is 131 Å². The van der Waals surface area contributed by atoms with E-state index in [0.717, 1.165) is 24.1 Å². The fourth-order valence-electron chi connectivity index (χ4n) is 2.49. The van der Waals surface area contributed by atoms with Gasteiger partial charge >= 0.3 is 0 Å². The van der Waals surface area contributed by atoms with E-state index in [4.69, 9.17) is 21.3 Å². The Morgan fingerprint density at radius 2 is 1.71 bits per heavy atom. The molecule has 0 bridgehead atoms. The summed E-state index contributed by atoms with van der Waals surface area (Å²) < 4.78 is 5.98. The first kappa shape index (κ1) is 15.9. The van der Waals surface area contributed by atoms with Crippen LogP contribution >= 0.6 is 11.6 Å². The largest absolute Gasteiger partial charge is 0.367 e. The zero-order valence-electron chi connectivity index (χ0n) is 12.8. The van der Waals surface area contributed by atoms with Gasteiger partial charge in [-0.05, 0) is 19.8 Å². The molecule has 0 atom stereocenters. The Kier molecular flexibility index (Phi) is 5.32. The number of halogens is 1. The zero-order chi connectivity index (χ0) is 15.3. The van der Waals surface area contributed by atoms with E-state index >= 15 is 0 Å². The molecule has 112 valence electrons. The summed E-state index contributed by atoms with van der Waals surface area (Å²) in [4.78, 5) is 9.14. The maximum atomic E-state index is 6.21. The summed E-state index contributed by atoms with van der Waals surface area (Å²) in [6, 6.07) is 11.8. The van der Waals surface area contributed by atoms with Gasteiger partial charge in [-0.15, -0.1) is 0 Å². The number of benzene rings is 1. The molecule has 0 fully saturated rings. The van der Waals surface area contributed by atoms with Gasteiger partial charge in [0.1, 0.15) is 10.8 Å². The lowest BCUT2D eigenvalue weighted by molar-refractivity contribution is -0.0570. The molecule has 0 aliphatic heterocycles. The van der Waals surface area contributed by atoms with Crippen molar-refractivity contribution in [1.29, 1.82) is 0 Å². The van der Waals surface area contributed by atoms with Crippen LogP contribution in [0.15, 0.2) is 36.4 Å². The van der Waals surface area contributed by atoms with Crippen molar-refractivity contribution in [3.8, 4) is 11.3 Å². The second-order valence-electron chi connectivity index (χ2n) is 4.90. The number of hydrogen-bond donors (Lipinski definition) is 0. The SMILES string of the molecule is CCOC(CC)(CC)c1nc(Cl)cc(-c2ccccc2)n1. The van der Waals surface area contributed by atoms with Gasteiger partial charge < -0.3 is 4.74 Å². The van der Waals surface area contributed by atoms with E-state index < -0.39 is 5.60 Å². The van der Waals surface area contributed by atoms with Crippen molar-refractivity contribution in [2.24, 2.45) is 0 Å². The van der Waals surface area contributed by atoms with Gasteiger partial charge in [-0.3, -0.25) is 0 Å². The minimum Gasteiger partial charge on any atom is -0.367 e. The number of hydrogen-bond acceptors (Lipinski definition) is 3. The Hall–Kier alpha value is -1.45. The molecular weight excluding hydrogens is 284 g/mol. The molecule has 0 spiro atoms. The highest BCUT2D eigenvalue weighted by molar-refractivity contribution is 6.29. The molecule has 2 aromatic rings. The summed E-state index contributed by atoms with van der Waals surface area (Å²) >= 11 is 6.21. The van der Waals surface area contributed by atoms with Crippen molar-refractivity contribution in [1.82, 2.24) is 9.97 Å². The number of ether oxygens (including phenoxy) is 1. The molecule has 1 aromatic carbocycles. The van der Waals surface area contributed by atoms with E-state index in [9.17, 15) is 0 Å². The minimum atomic E-state index is -0.469. The lowest BCUT2D eigenvalue weighted by atomic mass is 9.95. The third-order valence-electron chi connectivity index (χ3n) is 3.73. The third kappa shape index (κ3) is 3.42. The molecule has 1 heterocycles. The van der Waals surface area contributed by atoms with Crippen molar-refractivity contribution >= 4 is 11.6 Å². The van der Waals surface area contributed by atoms with Crippen LogP contribution in [0.2, 0.25) is 5.15 Å². The predicted molar refractivity (Wildman–Crippen MR) is 86.4 cm³/mol. The fraction of sp³-hybridized carbons (Fsp3) is 0.412. The van der Waals surface area contributed by atoms with E-state index in [2.05, 4.69) is 18.8 Å². The molecule has 0 aliphatic rings. The van der Waals surface area contributed by atoms with Crippen molar-refractivity contribution < 1.29 is 4.74 Å². The topological polar surface area (TPSA) is 35.0 Å². The van der Waals surface area contributed by atoms with Crippen LogP contribution in [0.25, 0.3) is 11.3 Å². The molecule has 21 heavy (non-hydrogen) atoms. The maximum Gasteiger partial charge on any atom is 0.162 e. The highest BCUT2D eigenvalue weighted by atomic mass is 35.5. The molecule has 0 saturated heterocycles. The summed E-state index contributed by atoms with van der Waals surface area (Å²) in [7, 11) is 0. The average Bonchev–Trinajstić information content (AvgIpc) is 2.53. The monoisotopic (exact) mass is 304 g/mol. The second kappa shape index (κ2) is 7.01. The van der Waals surface area contributed by atoms with Gasteiger partial charge in [-0.2, -0.15) is 0 Å².